The van der Waals surface area contributed by atoms with Crippen LogP contribution in [0.25, 0.3) is 0 Å². The van der Waals surface area contributed by atoms with Crippen LogP contribution in [-0.2, 0) is 0 Å². The highest BCUT2D eigenvalue weighted by molar-refractivity contribution is 7.80. The topological polar surface area (TPSA) is 24.1 Å². The highest BCUT2D eigenvalue weighted by Crippen LogP contribution is 2.17. The van der Waals surface area contributed by atoms with Gasteiger partial charge in [0.1, 0.15) is 0 Å². The number of hydrogen-bond acceptors (Lipinski definition) is 1. The fourth-order valence-electron chi connectivity index (χ4n) is 2.05. The monoisotopic (exact) mass is 320 g/mol. The summed E-state index contributed by atoms with van der Waals surface area (Å²) < 4.78 is 26.0. The van der Waals surface area contributed by atoms with Crippen LogP contribution in [0.2, 0.25) is 0 Å². The van der Waals surface area contributed by atoms with E-state index < -0.39 is 11.6 Å². The van der Waals surface area contributed by atoms with E-state index in [2.05, 4.69) is 36.6 Å². The quantitative estimate of drug-likeness (QED) is 0.806. The standard InChI is InChI=1S/C17H18F2N2S/c1-10-4-5-13(8-11(10)2)12(3)20-17(22)21-14-6-7-15(18)16(19)9-14/h4-9,12H,1-3H3,(H2,20,21,22). The van der Waals surface area contributed by atoms with Gasteiger partial charge in [0.15, 0.2) is 16.7 Å². The molecule has 0 aliphatic heterocycles. The second-order valence-electron chi connectivity index (χ2n) is 5.29. The summed E-state index contributed by atoms with van der Waals surface area (Å²) in [5.74, 6) is -1.79. The van der Waals surface area contributed by atoms with Crippen LogP contribution in [0, 0.1) is 25.5 Å². The van der Waals surface area contributed by atoms with Gasteiger partial charge < -0.3 is 10.6 Å². The molecule has 22 heavy (non-hydrogen) atoms. The molecule has 0 aliphatic rings. The average molecular weight is 320 g/mol. The van der Waals surface area contributed by atoms with E-state index in [1.54, 1.807) is 0 Å². The molecule has 0 spiro atoms. The third-order valence-corrected chi connectivity index (χ3v) is 3.78. The smallest absolute Gasteiger partial charge is 0.171 e. The van der Waals surface area contributed by atoms with Crippen LogP contribution in [0.3, 0.4) is 0 Å². The normalized spacial score (nSPS) is 11.9. The van der Waals surface area contributed by atoms with Crippen molar-refractivity contribution >= 4 is 23.0 Å². The second-order valence-corrected chi connectivity index (χ2v) is 5.70. The molecule has 1 atom stereocenters. The fourth-order valence-corrected chi connectivity index (χ4v) is 2.35. The van der Waals surface area contributed by atoms with Crippen molar-refractivity contribution in [1.82, 2.24) is 5.32 Å². The number of aryl methyl sites for hydroxylation is 2. The summed E-state index contributed by atoms with van der Waals surface area (Å²) in [6.07, 6.45) is 0. The van der Waals surface area contributed by atoms with E-state index in [4.69, 9.17) is 12.2 Å². The molecule has 0 saturated carbocycles. The molecule has 0 fully saturated rings. The van der Waals surface area contributed by atoms with E-state index in [9.17, 15) is 8.78 Å². The van der Waals surface area contributed by atoms with Gasteiger partial charge in [0.05, 0.1) is 6.04 Å². The Morgan fingerprint density at radius 2 is 1.73 bits per heavy atom. The predicted molar refractivity (Wildman–Crippen MR) is 90.0 cm³/mol. The summed E-state index contributed by atoms with van der Waals surface area (Å²) in [6.45, 7) is 6.11. The summed E-state index contributed by atoms with van der Waals surface area (Å²) >= 11 is 5.21. The zero-order chi connectivity index (χ0) is 16.3. The van der Waals surface area contributed by atoms with Gasteiger partial charge in [-0.15, -0.1) is 0 Å². The lowest BCUT2D eigenvalue weighted by Crippen LogP contribution is -2.31. The first-order valence-corrected chi connectivity index (χ1v) is 7.37. The van der Waals surface area contributed by atoms with E-state index in [0.717, 1.165) is 17.7 Å². The zero-order valence-electron chi connectivity index (χ0n) is 12.7. The Hall–Kier alpha value is -2.01. The van der Waals surface area contributed by atoms with Gasteiger partial charge in [-0.2, -0.15) is 0 Å². The number of anilines is 1. The SMILES string of the molecule is Cc1ccc(C(C)NC(=S)Nc2ccc(F)c(F)c2)cc1C. The summed E-state index contributed by atoms with van der Waals surface area (Å²) in [6, 6.07) is 9.79. The first kappa shape index (κ1) is 16.4. The molecule has 1 unspecified atom stereocenters. The van der Waals surface area contributed by atoms with E-state index in [1.807, 2.05) is 13.0 Å². The van der Waals surface area contributed by atoms with E-state index >= 15 is 0 Å². The van der Waals surface area contributed by atoms with Gasteiger partial charge in [-0.1, -0.05) is 18.2 Å². The molecule has 0 radical (unpaired) electrons. The highest BCUT2D eigenvalue weighted by atomic mass is 32.1. The number of benzene rings is 2. The predicted octanol–water partition coefficient (Wildman–Crippen LogP) is 4.63. The van der Waals surface area contributed by atoms with Crippen molar-refractivity contribution < 1.29 is 8.78 Å². The molecule has 2 aromatic rings. The van der Waals surface area contributed by atoms with Gasteiger partial charge in [-0.25, -0.2) is 8.78 Å². The van der Waals surface area contributed by atoms with Crippen molar-refractivity contribution in [3.8, 4) is 0 Å². The number of thiocarbonyl (C=S) groups is 1. The zero-order valence-corrected chi connectivity index (χ0v) is 13.5. The molecular formula is C17H18F2N2S. The molecule has 0 saturated heterocycles. The van der Waals surface area contributed by atoms with Crippen LogP contribution < -0.4 is 10.6 Å². The Morgan fingerprint density at radius 3 is 2.36 bits per heavy atom. The second kappa shape index (κ2) is 6.83. The van der Waals surface area contributed by atoms with Crippen LogP contribution in [0.5, 0.6) is 0 Å². The van der Waals surface area contributed by atoms with Gasteiger partial charge in [0.2, 0.25) is 0 Å². The summed E-state index contributed by atoms with van der Waals surface area (Å²) in [4.78, 5) is 0. The fraction of sp³-hybridized carbons (Fsp3) is 0.235. The van der Waals surface area contributed by atoms with Gasteiger partial charge in [-0.3, -0.25) is 0 Å². The lowest BCUT2D eigenvalue weighted by Gasteiger charge is -2.18. The first-order chi connectivity index (χ1) is 10.4. The first-order valence-electron chi connectivity index (χ1n) is 6.96. The molecule has 0 bridgehead atoms. The molecular weight excluding hydrogens is 302 g/mol. The van der Waals surface area contributed by atoms with E-state index in [-0.39, 0.29) is 6.04 Å². The van der Waals surface area contributed by atoms with Crippen molar-refractivity contribution in [2.45, 2.75) is 26.8 Å². The third-order valence-electron chi connectivity index (χ3n) is 3.56. The van der Waals surface area contributed by atoms with Crippen LogP contribution in [-0.4, -0.2) is 5.11 Å². The summed E-state index contributed by atoms with van der Waals surface area (Å²) in [5.41, 5.74) is 3.96. The van der Waals surface area contributed by atoms with Crippen LogP contribution in [0.15, 0.2) is 36.4 Å². The van der Waals surface area contributed by atoms with Gasteiger partial charge in [0.25, 0.3) is 0 Å². The van der Waals surface area contributed by atoms with Gasteiger partial charge in [-0.05, 0) is 61.8 Å². The Bertz CT molecular complexity index is 701. The minimum atomic E-state index is -0.907. The average Bonchev–Trinajstić information content (AvgIpc) is 2.45. The van der Waals surface area contributed by atoms with Crippen LogP contribution >= 0.6 is 12.2 Å². The molecule has 2 nitrogen and oxygen atoms in total. The lowest BCUT2D eigenvalue weighted by atomic mass is 10.0. The van der Waals surface area contributed by atoms with E-state index in [1.165, 1.54) is 17.2 Å². The minimum Gasteiger partial charge on any atom is -0.356 e. The highest BCUT2D eigenvalue weighted by Gasteiger charge is 2.09. The van der Waals surface area contributed by atoms with Crippen LogP contribution in [0.1, 0.15) is 29.7 Å². The molecule has 0 amide bonds. The molecule has 2 N–H and O–H groups in total. The van der Waals surface area contributed by atoms with Gasteiger partial charge in [0, 0.05) is 11.8 Å². The van der Waals surface area contributed by atoms with Gasteiger partial charge >= 0.3 is 0 Å². The molecule has 2 aromatic carbocycles. The van der Waals surface area contributed by atoms with Crippen LogP contribution in [0.4, 0.5) is 14.5 Å². The third kappa shape index (κ3) is 4.01. The number of nitrogens with one attached hydrogen (secondary N) is 2. The van der Waals surface area contributed by atoms with Crippen molar-refractivity contribution in [2.75, 3.05) is 5.32 Å². The Labute approximate surface area is 134 Å². The van der Waals surface area contributed by atoms with E-state index in [0.29, 0.717) is 10.8 Å². The van der Waals surface area contributed by atoms with Crippen molar-refractivity contribution in [2.24, 2.45) is 0 Å². The number of rotatable bonds is 3. The Balaban J connectivity index is 2.01. The molecule has 0 heterocycles. The number of hydrogen-bond donors (Lipinski definition) is 2. The van der Waals surface area contributed by atoms with Crippen molar-refractivity contribution in [3.05, 3.63) is 64.7 Å². The maximum Gasteiger partial charge on any atom is 0.171 e. The van der Waals surface area contributed by atoms with Crippen molar-refractivity contribution in [1.29, 1.82) is 0 Å². The Morgan fingerprint density at radius 1 is 1.00 bits per heavy atom. The summed E-state index contributed by atoms with van der Waals surface area (Å²) in [7, 11) is 0. The minimum absolute atomic E-state index is 0.00425. The molecule has 2 rings (SSSR count). The lowest BCUT2D eigenvalue weighted by molar-refractivity contribution is 0.509. The molecule has 0 aliphatic carbocycles. The summed E-state index contributed by atoms with van der Waals surface area (Å²) in [5, 5.41) is 6.34. The van der Waals surface area contributed by atoms with Crippen molar-refractivity contribution in [3.63, 3.8) is 0 Å². The molecule has 116 valence electrons. The molecule has 5 heteroatoms. The Kier molecular flexibility index (Phi) is 5.08. The number of halogens is 2. The molecule has 0 aromatic heterocycles. The maximum absolute atomic E-state index is 13.2. The largest absolute Gasteiger partial charge is 0.356 e. The maximum atomic E-state index is 13.2.